The van der Waals surface area contributed by atoms with Gasteiger partial charge in [0.1, 0.15) is 0 Å². The Morgan fingerprint density at radius 2 is 2.18 bits per heavy atom. The number of thioether (sulfide) groups is 1. The van der Waals surface area contributed by atoms with E-state index in [0.29, 0.717) is 0 Å². The molecule has 1 unspecified atom stereocenters. The highest BCUT2D eigenvalue weighted by Crippen LogP contribution is 2.32. The zero-order valence-electron chi connectivity index (χ0n) is 7.26. The molecule has 0 aliphatic carbocycles. The molecule has 66 valence electrons. The summed E-state index contributed by atoms with van der Waals surface area (Å²) in [6.07, 6.45) is 2.08. The van der Waals surface area contributed by atoms with E-state index in [1.165, 1.54) is 5.75 Å². The number of hydrogen-bond donors (Lipinski definition) is 2. The quantitative estimate of drug-likeness (QED) is 0.624. The second-order valence-electron chi connectivity index (χ2n) is 3.87. The van der Waals surface area contributed by atoms with Crippen LogP contribution in [0.15, 0.2) is 0 Å². The van der Waals surface area contributed by atoms with E-state index in [-0.39, 0.29) is 5.54 Å². The Kier molecular flexibility index (Phi) is 2.52. The number of hydrogen-bond acceptors (Lipinski definition) is 3. The van der Waals surface area contributed by atoms with Crippen LogP contribution in [0.1, 0.15) is 26.7 Å². The van der Waals surface area contributed by atoms with E-state index in [1.54, 1.807) is 13.8 Å². The highest BCUT2D eigenvalue weighted by atomic mass is 32.2. The third kappa shape index (κ3) is 1.89. The van der Waals surface area contributed by atoms with Crippen molar-refractivity contribution in [3.05, 3.63) is 0 Å². The number of nitrogens with two attached hydrogens (primary N) is 1. The topological polar surface area (TPSA) is 46.2 Å². The van der Waals surface area contributed by atoms with Gasteiger partial charge in [-0.25, -0.2) is 0 Å². The minimum absolute atomic E-state index is 0.365. The first kappa shape index (κ1) is 9.36. The fourth-order valence-corrected chi connectivity index (χ4v) is 2.65. The molecule has 1 heterocycles. The monoisotopic (exact) mass is 175 g/mol. The summed E-state index contributed by atoms with van der Waals surface area (Å²) in [4.78, 5) is 0. The largest absolute Gasteiger partial charge is 0.389 e. The molecule has 1 saturated heterocycles. The molecule has 1 atom stereocenters. The van der Waals surface area contributed by atoms with E-state index in [0.717, 1.165) is 18.6 Å². The molecule has 0 spiro atoms. The van der Waals surface area contributed by atoms with Crippen molar-refractivity contribution < 1.29 is 5.11 Å². The Morgan fingerprint density at radius 1 is 1.55 bits per heavy atom. The van der Waals surface area contributed by atoms with Gasteiger partial charge in [-0.05, 0) is 32.4 Å². The van der Waals surface area contributed by atoms with Crippen LogP contribution in [0.5, 0.6) is 0 Å². The van der Waals surface area contributed by atoms with Crippen molar-refractivity contribution in [3.8, 4) is 0 Å². The second-order valence-corrected chi connectivity index (χ2v) is 4.98. The van der Waals surface area contributed by atoms with Crippen LogP contribution in [0.2, 0.25) is 0 Å². The lowest BCUT2D eigenvalue weighted by Crippen LogP contribution is -2.60. The Hall–Kier alpha value is 0.270. The van der Waals surface area contributed by atoms with Crippen LogP contribution in [0, 0.1) is 0 Å². The highest BCUT2D eigenvalue weighted by Gasteiger charge is 2.41. The predicted molar refractivity (Wildman–Crippen MR) is 49.8 cm³/mol. The summed E-state index contributed by atoms with van der Waals surface area (Å²) >= 11 is 1.84. The molecular formula is C8H17NOS. The van der Waals surface area contributed by atoms with Crippen molar-refractivity contribution in [2.24, 2.45) is 5.73 Å². The van der Waals surface area contributed by atoms with E-state index in [9.17, 15) is 5.11 Å². The molecule has 0 bridgehead atoms. The van der Waals surface area contributed by atoms with E-state index >= 15 is 0 Å². The van der Waals surface area contributed by atoms with Crippen molar-refractivity contribution in [1.82, 2.24) is 0 Å². The van der Waals surface area contributed by atoms with Crippen molar-refractivity contribution >= 4 is 11.8 Å². The van der Waals surface area contributed by atoms with Crippen molar-refractivity contribution in [2.75, 3.05) is 11.5 Å². The average Bonchev–Trinajstić information content (AvgIpc) is 1.87. The highest BCUT2D eigenvalue weighted by molar-refractivity contribution is 7.99. The molecule has 0 amide bonds. The zero-order valence-corrected chi connectivity index (χ0v) is 8.08. The number of aliphatic hydroxyl groups is 1. The molecule has 2 nitrogen and oxygen atoms in total. The fraction of sp³-hybridized carbons (Fsp3) is 1.00. The summed E-state index contributed by atoms with van der Waals surface area (Å²) in [7, 11) is 0. The Labute approximate surface area is 72.5 Å². The Balaban J connectivity index is 2.64. The molecule has 0 saturated carbocycles. The molecule has 11 heavy (non-hydrogen) atoms. The standard InChI is InChI=1S/C8H17NOS/c1-7(2,10)8(9)4-3-5-11-6-8/h10H,3-6,9H2,1-2H3. The van der Waals surface area contributed by atoms with E-state index in [4.69, 9.17) is 5.73 Å². The van der Waals surface area contributed by atoms with E-state index in [2.05, 4.69) is 0 Å². The van der Waals surface area contributed by atoms with Crippen molar-refractivity contribution in [1.29, 1.82) is 0 Å². The first-order chi connectivity index (χ1) is 4.96. The summed E-state index contributed by atoms with van der Waals surface area (Å²) < 4.78 is 0. The molecule has 1 aliphatic heterocycles. The molecule has 0 aromatic carbocycles. The molecular weight excluding hydrogens is 158 g/mol. The van der Waals surface area contributed by atoms with Crippen LogP contribution in [-0.4, -0.2) is 27.8 Å². The van der Waals surface area contributed by atoms with E-state index in [1.807, 2.05) is 11.8 Å². The van der Waals surface area contributed by atoms with Crippen LogP contribution in [-0.2, 0) is 0 Å². The third-order valence-electron chi connectivity index (χ3n) is 2.49. The van der Waals surface area contributed by atoms with Crippen LogP contribution in [0.25, 0.3) is 0 Å². The Bertz CT molecular complexity index is 136. The van der Waals surface area contributed by atoms with Crippen LogP contribution >= 0.6 is 11.8 Å². The fourth-order valence-electron chi connectivity index (χ4n) is 1.30. The average molecular weight is 175 g/mol. The van der Waals surface area contributed by atoms with Gasteiger partial charge in [0, 0.05) is 5.75 Å². The van der Waals surface area contributed by atoms with Gasteiger partial charge in [-0.1, -0.05) is 0 Å². The van der Waals surface area contributed by atoms with Gasteiger partial charge in [0.15, 0.2) is 0 Å². The molecule has 1 aliphatic rings. The van der Waals surface area contributed by atoms with Gasteiger partial charge in [0.25, 0.3) is 0 Å². The smallest absolute Gasteiger partial charge is 0.0778 e. The molecule has 1 fully saturated rings. The molecule has 1 rings (SSSR count). The zero-order chi connectivity index (χ0) is 8.54. The van der Waals surface area contributed by atoms with Crippen LogP contribution in [0.4, 0.5) is 0 Å². The second kappa shape index (κ2) is 2.96. The van der Waals surface area contributed by atoms with Gasteiger partial charge in [-0.3, -0.25) is 0 Å². The third-order valence-corrected chi connectivity index (χ3v) is 3.79. The lowest BCUT2D eigenvalue weighted by molar-refractivity contribution is 0.00289. The summed E-state index contributed by atoms with van der Waals surface area (Å²) in [5.74, 6) is 2.07. The molecule has 0 aromatic rings. The maximum absolute atomic E-state index is 9.76. The maximum atomic E-state index is 9.76. The van der Waals surface area contributed by atoms with Gasteiger partial charge < -0.3 is 10.8 Å². The maximum Gasteiger partial charge on any atom is 0.0778 e. The minimum Gasteiger partial charge on any atom is -0.389 e. The van der Waals surface area contributed by atoms with Crippen molar-refractivity contribution in [3.63, 3.8) is 0 Å². The van der Waals surface area contributed by atoms with Gasteiger partial charge >= 0.3 is 0 Å². The van der Waals surface area contributed by atoms with Gasteiger partial charge in [-0.2, -0.15) is 11.8 Å². The summed E-state index contributed by atoms with van der Waals surface area (Å²) in [6.45, 7) is 3.61. The molecule has 0 aromatic heterocycles. The predicted octanol–water partition coefficient (Wildman–Crippen LogP) is 0.982. The first-order valence-electron chi connectivity index (χ1n) is 4.05. The van der Waals surface area contributed by atoms with Crippen molar-refractivity contribution in [2.45, 2.75) is 37.8 Å². The van der Waals surface area contributed by atoms with E-state index < -0.39 is 5.60 Å². The molecule has 0 radical (unpaired) electrons. The van der Waals surface area contributed by atoms with Crippen LogP contribution in [0.3, 0.4) is 0 Å². The van der Waals surface area contributed by atoms with Gasteiger partial charge in [0.05, 0.1) is 11.1 Å². The summed E-state index contributed by atoms with van der Waals surface area (Å²) in [5.41, 5.74) is 4.96. The van der Waals surface area contributed by atoms with Crippen LogP contribution < -0.4 is 5.73 Å². The first-order valence-corrected chi connectivity index (χ1v) is 5.20. The summed E-state index contributed by atoms with van der Waals surface area (Å²) in [6, 6.07) is 0. The normalized spacial score (nSPS) is 33.8. The SMILES string of the molecule is CC(C)(O)C1(N)CCCSC1. The van der Waals surface area contributed by atoms with Gasteiger partial charge in [0.2, 0.25) is 0 Å². The lowest BCUT2D eigenvalue weighted by Gasteiger charge is -2.42. The summed E-state index contributed by atoms with van der Waals surface area (Å²) in [5, 5.41) is 9.76. The minimum atomic E-state index is -0.736. The lowest BCUT2D eigenvalue weighted by atomic mass is 9.81. The Morgan fingerprint density at radius 3 is 2.45 bits per heavy atom. The number of rotatable bonds is 1. The molecule has 3 heteroatoms. The molecule has 3 N–H and O–H groups in total. The van der Waals surface area contributed by atoms with Gasteiger partial charge in [-0.15, -0.1) is 0 Å².